The lowest BCUT2D eigenvalue weighted by atomic mass is 10.2. The van der Waals surface area contributed by atoms with Crippen molar-refractivity contribution in [2.75, 3.05) is 6.54 Å². The molecule has 0 amide bonds. The Labute approximate surface area is 55.2 Å². The van der Waals surface area contributed by atoms with E-state index in [-0.39, 0.29) is 6.54 Å². The van der Waals surface area contributed by atoms with Crippen molar-refractivity contribution in [2.24, 2.45) is 0 Å². The molecule has 9 heavy (non-hydrogen) atoms. The zero-order chi connectivity index (χ0) is 7.49. The Balaban J connectivity index is 3.60. The third-order valence-corrected chi connectivity index (χ3v) is 0.564. The van der Waals surface area contributed by atoms with E-state index in [1.54, 1.807) is 20.8 Å². The number of hydrogen-bond donors (Lipinski definition) is 0. The molecule has 0 saturated heterocycles. The van der Waals surface area contributed by atoms with E-state index >= 15 is 0 Å². The van der Waals surface area contributed by atoms with Gasteiger partial charge in [-0.3, -0.25) is 4.79 Å². The summed E-state index contributed by atoms with van der Waals surface area (Å²) < 4.78 is 4.76. The predicted octanol–water partition coefficient (Wildman–Crippen LogP) is 0.611. The average Bonchev–Trinajstić information content (AvgIpc) is 1.62. The van der Waals surface area contributed by atoms with Crippen LogP contribution in [0, 0.1) is 0 Å². The third-order valence-electron chi connectivity index (χ3n) is 0.564. The van der Waals surface area contributed by atoms with Crippen molar-refractivity contribution in [1.29, 1.82) is 0 Å². The molecule has 0 unspecified atom stereocenters. The number of carbonyl (C=O) groups is 1. The molecule has 3 heteroatoms. The van der Waals surface area contributed by atoms with Gasteiger partial charge in [0.15, 0.2) is 0 Å². The molecular weight excluding hydrogens is 118 g/mol. The molecule has 1 radical (unpaired) electrons. The van der Waals surface area contributed by atoms with E-state index in [0.29, 0.717) is 0 Å². The number of rotatable bonds is 1. The van der Waals surface area contributed by atoms with Crippen LogP contribution >= 0.6 is 0 Å². The van der Waals surface area contributed by atoms with Gasteiger partial charge < -0.3 is 4.74 Å². The minimum Gasteiger partial charge on any atom is -0.459 e. The van der Waals surface area contributed by atoms with Gasteiger partial charge in [-0.05, 0) is 20.8 Å². The van der Waals surface area contributed by atoms with E-state index in [4.69, 9.17) is 10.5 Å². The van der Waals surface area contributed by atoms with E-state index in [2.05, 4.69) is 0 Å². The fraction of sp³-hybridized carbons (Fsp3) is 0.833. The van der Waals surface area contributed by atoms with Crippen molar-refractivity contribution in [1.82, 2.24) is 5.73 Å². The van der Waals surface area contributed by atoms with Crippen molar-refractivity contribution in [3.8, 4) is 0 Å². The van der Waals surface area contributed by atoms with E-state index in [1.807, 2.05) is 0 Å². The molecule has 0 bridgehead atoms. The fourth-order valence-corrected chi connectivity index (χ4v) is 0.378. The van der Waals surface area contributed by atoms with E-state index < -0.39 is 11.6 Å². The van der Waals surface area contributed by atoms with Crippen molar-refractivity contribution >= 4 is 5.97 Å². The number of esters is 1. The second kappa shape index (κ2) is 2.82. The first kappa shape index (κ1) is 8.43. The Morgan fingerprint density at radius 2 is 2.00 bits per heavy atom. The molecule has 0 rings (SSSR count). The van der Waals surface area contributed by atoms with Crippen LogP contribution in [0.3, 0.4) is 0 Å². The Morgan fingerprint density at radius 1 is 1.56 bits per heavy atom. The maximum absolute atomic E-state index is 10.4. The van der Waals surface area contributed by atoms with Crippen LogP contribution in [0.15, 0.2) is 0 Å². The quantitative estimate of drug-likeness (QED) is 0.488. The summed E-state index contributed by atoms with van der Waals surface area (Å²) in [6, 6.07) is 0. The summed E-state index contributed by atoms with van der Waals surface area (Å²) >= 11 is 0. The lowest BCUT2D eigenvalue weighted by molar-refractivity contribution is -0.153. The molecule has 0 heterocycles. The Morgan fingerprint density at radius 3 is 2.11 bits per heavy atom. The molecule has 3 nitrogen and oxygen atoms in total. The first-order valence-electron chi connectivity index (χ1n) is 2.82. The highest BCUT2D eigenvalue weighted by Crippen LogP contribution is 2.05. The van der Waals surface area contributed by atoms with E-state index in [9.17, 15) is 4.79 Å². The summed E-state index contributed by atoms with van der Waals surface area (Å²) in [6.07, 6.45) is 0. The van der Waals surface area contributed by atoms with Crippen LogP contribution in [0.5, 0.6) is 0 Å². The maximum Gasteiger partial charge on any atom is 0.321 e. The Hall–Kier alpha value is -0.570. The number of ether oxygens (including phenoxy) is 1. The van der Waals surface area contributed by atoms with Gasteiger partial charge in [0.2, 0.25) is 0 Å². The van der Waals surface area contributed by atoms with Crippen LogP contribution in [0.25, 0.3) is 0 Å². The molecule has 0 spiro atoms. The van der Waals surface area contributed by atoms with Gasteiger partial charge >= 0.3 is 5.97 Å². The molecule has 0 aromatic heterocycles. The van der Waals surface area contributed by atoms with Gasteiger partial charge in [-0.1, -0.05) is 0 Å². The zero-order valence-electron chi connectivity index (χ0n) is 6.02. The summed E-state index contributed by atoms with van der Waals surface area (Å²) in [4.78, 5) is 10.4. The monoisotopic (exact) mass is 130 g/mol. The lowest BCUT2D eigenvalue weighted by Crippen LogP contribution is -2.25. The highest BCUT2D eigenvalue weighted by molar-refractivity contribution is 5.71. The zero-order valence-corrected chi connectivity index (χ0v) is 6.02. The SMILES string of the molecule is CC(C)(C)OC(=O)C[NH]. The van der Waals surface area contributed by atoms with Crippen molar-refractivity contribution < 1.29 is 9.53 Å². The second-order valence-electron chi connectivity index (χ2n) is 2.76. The van der Waals surface area contributed by atoms with Gasteiger partial charge in [-0.15, -0.1) is 0 Å². The van der Waals surface area contributed by atoms with Crippen LogP contribution in [0.4, 0.5) is 0 Å². The normalized spacial score (nSPS) is 11.1. The highest BCUT2D eigenvalue weighted by Gasteiger charge is 2.14. The van der Waals surface area contributed by atoms with Crippen LogP contribution in [-0.4, -0.2) is 18.1 Å². The van der Waals surface area contributed by atoms with Gasteiger partial charge in [-0.25, -0.2) is 5.73 Å². The molecule has 0 atom stereocenters. The van der Waals surface area contributed by atoms with Crippen LogP contribution < -0.4 is 5.73 Å². The van der Waals surface area contributed by atoms with Gasteiger partial charge in [0, 0.05) is 0 Å². The number of nitrogens with one attached hydrogen (secondary N) is 1. The van der Waals surface area contributed by atoms with Crippen molar-refractivity contribution in [3.05, 3.63) is 0 Å². The van der Waals surface area contributed by atoms with Crippen molar-refractivity contribution in [2.45, 2.75) is 26.4 Å². The van der Waals surface area contributed by atoms with E-state index in [1.165, 1.54) is 0 Å². The summed E-state index contributed by atoms with van der Waals surface area (Å²) in [5.41, 5.74) is 6.17. The standard InChI is InChI=1S/C6H12NO2/c1-6(2,3)9-5(8)4-7/h7H,4H2,1-3H3. The molecule has 0 aliphatic rings. The molecule has 0 aliphatic carbocycles. The minimum absolute atomic E-state index is 0.294. The van der Waals surface area contributed by atoms with Gasteiger partial charge in [0.1, 0.15) is 12.1 Å². The number of carbonyl (C=O) groups excluding carboxylic acids is 1. The van der Waals surface area contributed by atoms with Crippen LogP contribution in [0.2, 0.25) is 0 Å². The molecule has 1 N–H and O–H groups in total. The number of hydrogen-bond acceptors (Lipinski definition) is 2. The largest absolute Gasteiger partial charge is 0.459 e. The van der Waals surface area contributed by atoms with E-state index in [0.717, 1.165) is 0 Å². The van der Waals surface area contributed by atoms with Crippen molar-refractivity contribution in [3.63, 3.8) is 0 Å². The molecule has 0 aromatic rings. The smallest absolute Gasteiger partial charge is 0.321 e. The molecular formula is C6H12NO2. The third kappa shape index (κ3) is 5.30. The Kier molecular flexibility index (Phi) is 2.65. The van der Waals surface area contributed by atoms with Crippen LogP contribution in [0.1, 0.15) is 20.8 Å². The first-order valence-corrected chi connectivity index (χ1v) is 2.82. The summed E-state index contributed by atoms with van der Waals surface area (Å²) in [5.74, 6) is -0.470. The van der Waals surface area contributed by atoms with Gasteiger partial charge in [-0.2, -0.15) is 0 Å². The summed E-state index contributed by atoms with van der Waals surface area (Å²) in [5, 5.41) is 0. The van der Waals surface area contributed by atoms with Gasteiger partial charge in [0.25, 0.3) is 0 Å². The second-order valence-corrected chi connectivity index (χ2v) is 2.76. The average molecular weight is 130 g/mol. The molecule has 0 aromatic carbocycles. The predicted molar refractivity (Wildman–Crippen MR) is 33.8 cm³/mol. The fourth-order valence-electron chi connectivity index (χ4n) is 0.378. The lowest BCUT2D eigenvalue weighted by Gasteiger charge is -2.18. The summed E-state index contributed by atoms with van der Waals surface area (Å²) in [6.45, 7) is 5.04. The molecule has 0 aliphatic heterocycles. The van der Waals surface area contributed by atoms with Gasteiger partial charge in [0.05, 0.1) is 0 Å². The summed E-state index contributed by atoms with van der Waals surface area (Å²) in [7, 11) is 0. The molecule has 0 fully saturated rings. The van der Waals surface area contributed by atoms with Crippen LogP contribution in [-0.2, 0) is 9.53 Å². The topological polar surface area (TPSA) is 50.1 Å². The Bertz CT molecular complexity index is 104. The highest BCUT2D eigenvalue weighted by atomic mass is 16.6. The molecule has 53 valence electrons. The molecule has 0 saturated carbocycles. The minimum atomic E-state index is -0.470. The first-order chi connectivity index (χ1) is 3.95. The maximum atomic E-state index is 10.4.